The van der Waals surface area contributed by atoms with E-state index in [1.807, 2.05) is 23.9 Å². The summed E-state index contributed by atoms with van der Waals surface area (Å²) >= 11 is 0. The van der Waals surface area contributed by atoms with E-state index in [9.17, 15) is 5.11 Å². The van der Waals surface area contributed by atoms with E-state index in [0.717, 1.165) is 12.4 Å². The lowest BCUT2D eigenvalue weighted by Gasteiger charge is -2.11. The Balaban J connectivity index is 2.12. The van der Waals surface area contributed by atoms with Gasteiger partial charge in [0.25, 0.3) is 0 Å². The van der Waals surface area contributed by atoms with Crippen molar-refractivity contribution in [3.63, 3.8) is 0 Å². The topological polar surface area (TPSA) is 68.5 Å². The van der Waals surface area contributed by atoms with Gasteiger partial charge in [0.05, 0.1) is 25.9 Å². The Morgan fingerprint density at radius 1 is 1.53 bits per heavy atom. The van der Waals surface area contributed by atoms with Crippen LogP contribution < -0.4 is 5.32 Å². The lowest BCUT2D eigenvalue weighted by Crippen LogP contribution is -2.25. The van der Waals surface area contributed by atoms with Gasteiger partial charge < -0.3 is 19.9 Å². The zero-order chi connectivity index (χ0) is 12.5. The van der Waals surface area contributed by atoms with Crippen LogP contribution in [0.25, 0.3) is 0 Å². The number of nitrogens with zero attached hydrogens (tertiary/aromatic N) is 2. The molecule has 1 aromatic rings. The SMILES string of the molecule is CCn1ccc(NCC(O)COCCOC)n1. The fourth-order valence-corrected chi connectivity index (χ4v) is 1.28. The van der Waals surface area contributed by atoms with Gasteiger partial charge in [-0.2, -0.15) is 5.10 Å². The second kappa shape index (κ2) is 8.05. The number of aliphatic hydroxyl groups is 1. The lowest BCUT2D eigenvalue weighted by molar-refractivity contribution is 0.0182. The van der Waals surface area contributed by atoms with E-state index in [2.05, 4.69) is 10.4 Å². The summed E-state index contributed by atoms with van der Waals surface area (Å²) < 4.78 is 11.9. The molecule has 6 nitrogen and oxygen atoms in total. The molecule has 0 aromatic carbocycles. The first kappa shape index (κ1) is 14.0. The number of methoxy groups -OCH3 is 1. The van der Waals surface area contributed by atoms with Gasteiger partial charge in [-0.05, 0) is 6.92 Å². The van der Waals surface area contributed by atoms with Crippen molar-refractivity contribution in [2.45, 2.75) is 19.6 Å². The number of hydrogen-bond acceptors (Lipinski definition) is 5. The molecule has 0 saturated carbocycles. The highest BCUT2D eigenvalue weighted by molar-refractivity contribution is 5.32. The van der Waals surface area contributed by atoms with Crippen molar-refractivity contribution < 1.29 is 14.6 Å². The van der Waals surface area contributed by atoms with E-state index in [-0.39, 0.29) is 0 Å². The van der Waals surface area contributed by atoms with Gasteiger partial charge in [-0.3, -0.25) is 4.68 Å². The van der Waals surface area contributed by atoms with Gasteiger partial charge in [-0.1, -0.05) is 0 Å². The first-order valence-corrected chi connectivity index (χ1v) is 5.78. The highest BCUT2D eigenvalue weighted by Gasteiger charge is 2.05. The van der Waals surface area contributed by atoms with Crippen LogP contribution in [0.5, 0.6) is 0 Å². The number of rotatable bonds is 9. The number of aromatic nitrogens is 2. The molecule has 0 aliphatic heterocycles. The minimum absolute atomic E-state index is 0.296. The van der Waals surface area contributed by atoms with E-state index in [1.54, 1.807) is 7.11 Å². The molecule has 98 valence electrons. The smallest absolute Gasteiger partial charge is 0.148 e. The first-order chi connectivity index (χ1) is 8.26. The fourth-order valence-electron chi connectivity index (χ4n) is 1.28. The summed E-state index contributed by atoms with van der Waals surface area (Å²) in [5.74, 6) is 0.766. The van der Waals surface area contributed by atoms with Crippen LogP contribution in [-0.2, 0) is 16.0 Å². The molecule has 1 atom stereocenters. The predicted octanol–water partition coefficient (Wildman–Crippen LogP) is 0.339. The molecule has 1 rings (SSSR count). The number of aryl methyl sites for hydroxylation is 1. The normalized spacial score (nSPS) is 12.6. The Morgan fingerprint density at radius 3 is 3.00 bits per heavy atom. The van der Waals surface area contributed by atoms with E-state index >= 15 is 0 Å². The van der Waals surface area contributed by atoms with E-state index in [0.29, 0.717) is 26.4 Å². The summed E-state index contributed by atoms with van der Waals surface area (Å²) in [4.78, 5) is 0. The van der Waals surface area contributed by atoms with Crippen LogP contribution in [0, 0.1) is 0 Å². The molecule has 0 bridgehead atoms. The fraction of sp³-hybridized carbons (Fsp3) is 0.727. The third-order valence-corrected chi connectivity index (χ3v) is 2.23. The van der Waals surface area contributed by atoms with Crippen LogP contribution in [0.15, 0.2) is 12.3 Å². The van der Waals surface area contributed by atoms with Gasteiger partial charge in [0.15, 0.2) is 0 Å². The van der Waals surface area contributed by atoms with Gasteiger partial charge in [-0.25, -0.2) is 0 Å². The number of ether oxygens (including phenoxy) is 2. The Labute approximate surface area is 102 Å². The van der Waals surface area contributed by atoms with Crippen molar-refractivity contribution in [1.29, 1.82) is 0 Å². The number of nitrogens with one attached hydrogen (secondary N) is 1. The molecule has 0 fully saturated rings. The van der Waals surface area contributed by atoms with E-state index < -0.39 is 6.10 Å². The molecule has 1 aromatic heterocycles. The standard InChI is InChI=1S/C11H21N3O3/c1-3-14-5-4-11(13-14)12-8-10(15)9-17-7-6-16-2/h4-5,10,15H,3,6-9H2,1-2H3,(H,12,13). The highest BCUT2D eigenvalue weighted by atomic mass is 16.5. The van der Waals surface area contributed by atoms with Gasteiger partial charge in [0.2, 0.25) is 0 Å². The maximum absolute atomic E-state index is 9.61. The van der Waals surface area contributed by atoms with Crippen LogP contribution in [0.1, 0.15) is 6.92 Å². The summed E-state index contributed by atoms with van der Waals surface area (Å²) in [5.41, 5.74) is 0. The summed E-state index contributed by atoms with van der Waals surface area (Å²) in [6.45, 7) is 4.62. The van der Waals surface area contributed by atoms with Crippen molar-refractivity contribution in [3.05, 3.63) is 12.3 Å². The Bertz CT molecular complexity index is 304. The van der Waals surface area contributed by atoms with Crippen LogP contribution in [0.4, 0.5) is 5.82 Å². The number of aliphatic hydroxyl groups excluding tert-OH is 1. The third-order valence-electron chi connectivity index (χ3n) is 2.23. The predicted molar refractivity (Wildman–Crippen MR) is 65.1 cm³/mol. The molecular formula is C11H21N3O3. The molecule has 0 radical (unpaired) electrons. The first-order valence-electron chi connectivity index (χ1n) is 5.78. The molecule has 6 heteroatoms. The summed E-state index contributed by atoms with van der Waals surface area (Å²) in [7, 11) is 1.62. The second-order valence-electron chi connectivity index (χ2n) is 3.66. The van der Waals surface area contributed by atoms with Gasteiger partial charge >= 0.3 is 0 Å². The van der Waals surface area contributed by atoms with E-state index in [1.165, 1.54) is 0 Å². The highest BCUT2D eigenvalue weighted by Crippen LogP contribution is 2.02. The summed E-state index contributed by atoms with van der Waals surface area (Å²) in [5, 5.41) is 16.9. The molecule has 0 aliphatic carbocycles. The molecule has 0 aliphatic rings. The number of anilines is 1. The molecule has 17 heavy (non-hydrogen) atoms. The molecule has 1 heterocycles. The van der Waals surface area contributed by atoms with Crippen LogP contribution >= 0.6 is 0 Å². The molecule has 0 spiro atoms. The molecule has 0 amide bonds. The van der Waals surface area contributed by atoms with E-state index in [4.69, 9.17) is 9.47 Å². The van der Waals surface area contributed by atoms with Crippen LogP contribution in [0.2, 0.25) is 0 Å². The van der Waals surface area contributed by atoms with Crippen molar-refractivity contribution in [1.82, 2.24) is 9.78 Å². The minimum atomic E-state index is -0.543. The third kappa shape index (κ3) is 5.67. The van der Waals surface area contributed by atoms with Crippen molar-refractivity contribution in [2.75, 3.05) is 38.8 Å². The van der Waals surface area contributed by atoms with Crippen LogP contribution in [0.3, 0.4) is 0 Å². The Kier molecular flexibility index (Phi) is 6.61. The monoisotopic (exact) mass is 243 g/mol. The number of hydrogen-bond donors (Lipinski definition) is 2. The summed E-state index contributed by atoms with van der Waals surface area (Å²) in [6, 6.07) is 1.88. The Hall–Kier alpha value is -1.11. The van der Waals surface area contributed by atoms with Crippen molar-refractivity contribution in [2.24, 2.45) is 0 Å². The second-order valence-corrected chi connectivity index (χ2v) is 3.66. The molecule has 2 N–H and O–H groups in total. The largest absolute Gasteiger partial charge is 0.389 e. The van der Waals surface area contributed by atoms with Gasteiger partial charge in [0, 0.05) is 32.5 Å². The average Bonchev–Trinajstić information content (AvgIpc) is 2.80. The van der Waals surface area contributed by atoms with Gasteiger partial charge in [-0.15, -0.1) is 0 Å². The molecule has 0 saturated heterocycles. The maximum Gasteiger partial charge on any atom is 0.148 e. The van der Waals surface area contributed by atoms with Gasteiger partial charge in [0.1, 0.15) is 5.82 Å². The zero-order valence-electron chi connectivity index (χ0n) is 10.4. The zero-order valence-corrected chi connectivity index (χ0v) is 10.4. The molecular weight excluding hydrogens is 222 g/mol. The lowest BCUT2D eigenvalue weighted by atomic mass is 10.4. The average molecular weight is 243 g/mol. The van der Waals surface area contributed by atoms with Crippen molar-refractivity contribution in [3.8, 4) is 0 Å². The van der Waals surface area contributed by atoms with Crippen molar-refractivity contribution >= 4 is 5.82 Å². The Morgan fingerprint density at radius 2 is 2.35 bits per heavy atom. The quantitative estimate of drug-likeness (QED) is 0.612. The summed E-state index contributed by atoms with van der Waals surface area (Å²) in [6.07, 6.45) is 1.35. The minimum Gasteiger partial charge on any atom is -0.389 e. The maximum atomic E-state index is 9.61. The molecule has 1 unspecified atom stereocenters. The van der Waals surface area contributed by atoms with Crippen LogP contribution in [-0.4, -0.2) is 54.5 Å².